The van der Waals surface area contributed by atoms with Crippen LogP contribution in [0.1, 0.15) is 22.3 Å². The van der Waals surface area contributed by atoms with Crippen LogP contribution in [-0.4, -0.2) is 37.1 Å². The number of ether oxygens (including phenoxy) is 1. The van der Waals surface area contributed by atoms with E-state index in [-0.39, 0.29) is 24.7 Å². The minimum absolute atomic E-state index is 0.137. The molecule has 0 fully saturated rings. The topological polar surface area (TPSA) is 70.6 Å². The molecule has 0 saturated heterocycles. The first-order valence-electron chi connectivity index (χ1n) is 11.3. The molecule has 0 spiro atoms. The molecular formula is C26H22F8N2O3. The van der Waals surface area contributed by atoms with Crippen LogP contribution in [0.15, 0.2) is 66.7 Å². The Kier molecular flexibility index (Phi) is 9.05. The summed E-state index contributed by atoms with van der Waals surface area (Å²) >= 11 is 0. The number of alkyl halides is 6. The van der Waals surface area contributed by atoms with Gasteiger partial charge in [0, 0.05) is 6.42 Å². The number of aliphatic hydroxyl groups is 1. The van der Waals surface area contributed by atoms with Crippen molar-refractivity contribution in [1.82, 2.24) is 10.6 Å². The first-order chi connectivity index (χ1) is 18.2. The Labute approximate surface area is 217 Å². The van der Waals surface area contributed by atoms with Gasteiger partial charge in [-0.1, -0.05) is 36.4 Å². The van der Waals surface area contributed by atoms with Crippen molar-refractivity contribution in [2.24, 2.45) is 0 Å². The van der Waals surface area contributed by atoms with E-state index < -0.39 is 65.6 Å². The zero-order valence-corrected chi connectivity index (χ0v) is 20.0. The quantitative estimate of drug-likeness (QED) is 0.293. The molecule has 5 nitrogen and oxygen atoms in total. The lowest BCUT2D eigenvalue weighted by molar-refractivity contribution is -0.137. The smallest absolute Gasteiger partial charge is 0.416 e. The summed E-state index contributed by atoms with van der Waals surface area (Å²) in [6.45, 7) is -2.66. The Morgan fingerprint density at radius 2 is 1.51 bits per heavy atom. The second kappa shape index (κ2) is 11.9. The number of hydrogen-bond donors (Lipinski definition) is 3. The summed E-state index contributed by atoms with van der Waals surface area (Å²) in [7, 11) is 0. The maximum Gasteiger partial charge on any atom is 0.416 e. The number of urea groups is 1. The van der Waals surface area contributed by atoms with Gasteiger partial charge in [-0.3, -0.25) is 0 Å². The minimum Gasteiger partial charge on any atom is -0.488 e. The van der Waals surface area contributed by atoms with Crippen molar-refractivity contribution in [3.8, 4) is 5.75 Å². The molecule has 210 valence electrons. The van der Waals surface area contributed by atoms with Crippen molar-refractivity contribution in [3.05, 3.63) is 101 Å². The summed E-state index contributed by atoms with van der Waals surface area (Å²) in [4.78, 5) is 12.8. The Hall–Kier alpha value is -3.87. The molecule has 0 saturated carbocycles. The first-order valence-corrected chi connectivity index (χ1v) is 11.3. The fourth-order valence-corrected chi connectivity index (χ4v) is 3.91. The minimum atomic E-state index is -5.02. The number of benzene rings is 3. The largest absolute Gasteiger partial charge is 0.488 e. The number of halogens is 8. The second-order valence-corrected chi connectivity index (χ2v) is 8.43. The van der Waals surface area contributed by atoms with Gasteiger partial charge in [0.05, 0.1) is 17.7 Å². The van der Waals surface area contributed by atoms with Gasteiger partial charge in [-0.15, -0.1) is 0 Å². The van der Waals surface area contributed by atoms with E-state index in [9.17, 15) is 39.9 Å². The average molecular weight is 562 g/mol. The van der Waals surface area contributed by atoms with Gasteiger partial charge < -0.3 is 20.5 Å². The molecule has 0 aliphatic carbocycles. The third-order valence-corrected chi connectivity index (χ3v) is 5.58. The van der Waals surface area contributed by atoms with Crippen LogP contribution in [0.5, 0.6) is 5.75 Å². The molecule has 0 aromatic heterocycles. The van der Waals surface area contributed by atoms with Crippen molar-refractivity contribution in [1.29, 1.82) is 0 Å². The second-order valence-electron chi connectivity index (χ2n) is 8.43. The van der Waals surface area contributed by atoms with E-state index in [0.29, 0.717) is 17.7 Å². The van der Waals surface area contributed by atoms with Gasteiger partial charge >= 0.3 is 18.4 Å². The molecule has 3 aromatic carbocycles. The van der Waals surface area contributed by atoms with Gasteiger partial charge in [0.1, 0.15) is 19.0 Å². The van der Waals surface area contributed by atoms with E-state index in [0.717, 1.165) is 18.2 Å². The van der Waals surface area contributed by atoms with E-state index >= 15 is 0 Å². The lowest BCUT2D eigenvalue weighted by Gasteiger charge is -2.37. The molecule has 0 aliphatic heterocycles. The monoisotopic (exact) mass is 562 g/mol. The highest BCUT2D eigenvalue weighted by molar-refractivity contribution is 5.76. The Morgan fingerprint density at radius 3 is 2.13 bits per heavy atom. The molecule has 3 N–H and O–H groups in total. The van der Waals surface area contributed by atoms with Crippen molar-refractivity contribution in [3.63, 3.8) is 0 Å². The molecular weight excluding hydrogens is 540 g/mol. The number of carbonyl (C=O) groups excluding carboxylic acids is 1. The Balaban J connectivity index is 2.30. The first kappa shape index (κ1) is 29.7. The van der Waals surface area contributed by atoms with Crippen molar-refractivity contribution in [2.45, 2.75) is 24.3 Å². The Morgan fingerprint density at radius 1 is 0.846 bits per heavy atom. The number of rotatable bonds is 9. The van der Waals surface area contributed by atoms with E-state index in [1.165, 1.54) is 12.1 Å². The molecule has 39 heavy (non-hydrogen) atoms. The van der Waals surface area contributed by atoms with Crippen LogP contribution in [-0.2, 0) is 18.1 Å². The highest BCUT2D eigenvalue weighted by atomic mass is 19.4. The molecule has 0 aliphatic rings. The van der Waals surface area contributed by atoms with E-state index in [1.807, 2.05) is 0 Å². The van der Waals surface area contributed by atoms with Crippen molar-refractivity contribution < 1.29 is 49.8 Å². The van der Waals surface area contributed by atoms with Crippen molar-refractivity contribution in [2.75, 3.05) is 19.8 Å². The zero-order chi connectivity index (χ0) is 28.8. The van der Waals surface area contributed by atoms with Crippen LogP contribution in [0.2, 0.25) is 0 Å². The van der Waals surface area contributed by atoms with Gasteiger partial charge in [0.15, 0.2) is 11.6 Å². The lowest BCUT2D eigenvalue weighted by Crippen LogP contribution is -2.53. The van der Waals surface area contributed by atoms with Crippen LogP contribution in [0.25, 0.3) is 0 Å². The molecule has 0 heterocycles. The van der Waals surface area contributed by atoms with E-state index in [4.69, 9.17) is 9.84 Å². The highest BCUT2D eigenvalue weighted by Crippen LogP contribution is 2.39. The zero-order valence-electron chi connectivity index (χ0n) is 20.0. The van der Waals surface area contributed by atoms with Gasteiger partial charge in [0.2, 0.25) is 0 Å². The summed E-state index contributed by atoms with van der Waals surface area (Å²) in [5, 5.41) is 12.9. The molecule has 3 aromatic rings. The standard InChI is InChI=1S/C26H22F8N2O3/c27-20-11-18(10-19(12-20)26(32,33)34)24(14-16-4-2-1-3-5-16,36-23(38)35-15-25(29,30)31)17-6-7-21(28)22(13-17)39-9-8-37/h1-7,10-13,37H,8-9,14-15H2,(H2,35,36,38)/t24-/m1/s1. The summed E-state index contributed by atoms with van der Waals surface area (Å²) in [6.07, 6.45) is -10.2. The maximum atomic E-state index is 14.6. The number of amides is 2. The van der Waals surface area contributed by atoms with Gasteiger partial charge in [-0.25, -0.2) is 13.6 Å². The maximum absolute atomic E-state index is 14.6. The van der Waals surface area contributed by atoms with Crippen LogP contribution in [0.3, 0.4) is 0 Å². The lowest BCUT2D eigenvalue weighted by atomic mass is 9.77. The molecule has 2 amide bonds. The third kappa shape index (κ3) is 7.82. The normalized spacial score (nSPS) is 13.5. The van der Waals surface area contributed by atoms with Crippen LogP contribution in [0, 0.1) is 11.6 Å². The number of carbonyl (C=O) groups is 1. The van der Waals surface area contributed by atoms with Crippen LogP contribution < -0.4 is 15.4 Å². The Bertz CT molecular complexity index is 1280. The number of aliphatic hydroxyl groups excluding tert-OH is 1. The van der Waals surface area contributed by atoms with Crippen LogP contribution in [0.4, 0.5) is 39.9 Å². The van der Waals surface area contributed by atoms with E-state index in [2.05, 4.69) is 5.32 Å². The molecule has 0 unspecified atom stereocenters. The van der Waals surface area contributed by atoms with Gasteiger partial charge in [-0.05, 0) is 47.0 Å². The molecule has 1 atom stereocenters. The number of nitrogens with one attached hydrogen (secondary N) is 2. The average Bonchev–Trinajstić information content (AvgIpc) is 2.86. The molecule has 3 rings (SSSR count). The third-order valence-electron chi connectivity index (χ3n) is 5.58. The molecule has 0 radical (unpaired) electrons. The summed E-state index contributed by atoms with van der Waals surface area (Å²) in [5.74, 6) is -2.74. The van der Waals surface area contributed by atoms with Crippen LogP contribution >= 0.6 is 0 Å². The summed E-state index contributed by atoms with van der Waals surface area (Å²) in [6, 6.07) is 10.8. The fourth-order valence-electron chi connectivity index (χ4n) is 3.91. The van der Waals surface area contributed by atoms with Gasteiger partial charge in [-0.2, -0.15) is 26.3 Å². The number of hydrogen-bond acceptors (Lipinski definition) is 3. The summed E-state index contributed by atoms with van der Waals surface area (Å²) < 4.78 is 114. The van der Waals surface area contributed by atoms with Gasteiger partial charge in [0.25, 0.3) is 0 Å². The molecule has 0 bridgehead atoms. The van der Waals surface area contributed by atoms with E-state index in [1.54, 1.807) is 23.5 Å². The predicted molar refractivity (Wildman–Crippen MR) is 124 cm³/mol. The van der Waals surface area contributed by atoms with Crippen molar-refractivity contribution >= 4 is 6.03 Å². The molecule has 13 heteroatoms. The predicted octanol–water partition coefficient (Wildman–Crippen LogP) is 5.70. The fraction of sp³-hybridized carbons (Fsp3) is 0.269. The SMILES string of the molecule is O=C(NCC(F)(F)F)N[C@@](Cc1ccccc1)(c1cc(F)cc(C(F)(F)F)c1)c1ccc(F)c(OCCO)c1. The summed E-state index contributed by atoms with van der Waals surface area (Å²) in [5.41, 5.74) is -3.83. The highest BCUT2D eigenvalue weighted by Gasteiger charge is 2.41.